The molecule has 2 aliphatic rings. The van der Waals surface area contributed by atoms with E-state index in [2.05, 4.69) is 10.2 Å². The van der Waals surface area contributed by atoms with Crippen molar-refractivity contribution in [1.82, 2.24) is 15.1 Å². The van der Waals surface area contributed by atoms with E-state index in [1.54, 1.807) is 23.1 Å². The van der Waals surface area contributed by atoms with Gasteiger partial charge >= 0.3 is 6.18 Å². The Balaban J connectivity index is 1.62. The van der Waals surface area contributed by atoms with Gasteiger partial charge in [-0.25, -0.2) is 0 Å². The Bertz CT molecular complexity index is 1110. The molecule has 0 radical (unpaired) electrons. The topological polar surface area (TPSA) is 52.6 Å². The summed E-state index contributed by atoms with van der Waals surface area (Å²) in [7, 11) is 1.94. The quantitative estimate of drug-likeness (QED) is 0.599. The molecule has 0 bridgehead atoms. The number of nitrogens with zero attached hydrogens (tertiary/aromatic N) is 2. The van der Waals surface area contributed by atoms with Gasteiger partial charge in [0, 0.05) is 42.6 Å². The van der Waals surface area contributed by atoms with Gasteiger partial charge < -0.3 is 15.1 Å². The molecule has 1 heterocycles. The molecule has 2 aromatic carbocycles. The lowest BCUT2D eigenvalue weighted by atomic mass is 9.93. The first-order valence-electron chi connectivity index (χ1n) is 11.4. The van der Waals surface area contributed by atoms with Crippen molar-refractivity contribution in [3.63, 3.8) is 0 Å². The Morgan fingerprint density at radius 1 is 1.06 bits per heavy atom. The molecule has 0 spiro atoms. The molecule has 0 unspecified atom stereocenters. The number of hydrogen-bond donors (Lipinski definition) is 1. The summed E-state index contributed by atoms with van der Waals surface area (Å²) in [6.07, 6.45) is -3.79. The van der Waals surface area contributed by atoms with Crippen molar-refractivity contribution >= 4 is 35.0 Å². The second-order valence-corrected chi connectivity index (χ2v) is 10.1. The fourth-order valence-electron chi connectivity index (χ4n) is 4.56. The maximum atomic E-state index is 13.6. The Morgan fingerprint density at radius 2 is 1.71 bits per heavy atom. The predicted molar refractivity (Wildman–Crippen MR) is 129 cm³/mol. The standard InChI is InChI=1S/C25H26Cl2F3N3O2/c1-32-10-12-33(13-11-32)22(34)21(14-16-4-2-3-5-18(16)25(28,29)30)31-23(35)24(8-9-24)19-7-6-17(26)15-20(19)27/h2-7,15,21H,8-14H2,1H3,(H,31,35)/t21-/m0/s1. The number of nitrogens with one attached hydrogen (secondary N) is 1. The lowest BCUT2D eigenvalue weighted by molar-refractivity contribution is -0.140. The fourth-order valence-corrected chi connectivity index (χ4v) is 5.15. The average Bonchev–Trinajstić information content (AvgIpc) is 3.60. The molecule has 1 saturated carbocycles. The van der Waals surface area contributed by atoms with Gasteiger partial charge in [0.05, 0.1) is 11.0 Å². The summed E-state index contributed by atoms with van der Waals surface area (Å²) in [5, 5.41) is 3.57. The first-order chi connectivity index (χ1) is 16.5. The van der Waals surface area contributed by atoms with Gasteiger partial charge in [0.1, 0.15) is 6.04 Å². The van der Waals surface area contributed by atoms with Gasteiger partial charge in [0.2, 0.25) is 11.8 Å². The number of amides is 2. The molecule has 2 fully saturated rings. The van der Waals surface area contributed by atoms with Gasteiger partial charge in [0.15, 0.2) is 0 Å². The van der Waals surface area contributed by atoms with Crippen molar-refractivity contribution in [2.45, 2.75) is 36.9 Å². The normalized spacial score (nSPS) is 18.7. The van der Waals surface area contributed by atoms with E-state index in [-0.39, 0.29) is 17.9 Å². The highest BCUT2D eigenvalue weighted by Gasteiger charge is 2.53. The number of hydrogen-bond acceptors (Lipinski definition) is 3. The number of carbonyl (C=O) groups excluding carboxylic acids is 2. The summed E-state index contributed by atoms with van der Waals surface area (Å²) in [6.45, 7) is 2.18. The molecule has 1 atom stereocenters. The van der Waals surface area contributed by atoms with Gasteiger partial charge in [-0.1, -0.05) is 47.5 Å². The van der Waals surface area contributed by atoms with E-state index in [0.29, 0.717) is 54.6 Å². The lowest BCUT2D eigenvalue weighted by Crippen LogP contribution is -2.56. The van der Waals surface area contributed by atoms with Gasteiger partial charge in [-0.3, -0.25) is 9.59 Å². The summed E-state index contributed by atoms with van der Waals surface area (Å²) in [4.78, 5) is 30.6. The minimum atomic E-state index is -4.57. The molecule has 35 heavy (non-hydrogen) atoms. The van der Waals surface area contributed by atoms with Crippen LogP contribution in [-0.2, 0) is 27.6 Å². The van der Waals surface area contributed by atoms with Gasteiger partial charge in [0.25, 0.3) is 0 Å². The molecule has 5 nitrogen and oxygen atoms in total. The van der Waals surface area contributed by atoms with Crippen molar-refractivity contribution in [2.75, 3.05) is 33.2 Å². The van der Waals surface area contributed by atoms with Crippen molar-refractivity contribution in [2.24, 2.45) is 0 Å². The average molecular weight is 528 g/mol. The van der Waals surface area contributed by atoms with E-state index >= 15 is 0 Å². The van der Waals surface area contributed by atoms with Crippen molar-refractivity contribution in [1.29, 1.82) is 0 Å². The SMILES string of the molecule is CN1CCN(C(=O)[C@H](Cc2ccccc2C(F)(F)F)NC(=O)C2(c3ccc(Cl)cc3Cl)CC2)CC1. The summed E-state index contributed by atoms with van der Waals surface area (Å²) < 4.78 is 40.9. The number of halogens is 5. The van der Waals surface area contributed by atoms with E-state index in [9.17, 15) is 22.8 Å². The van der Waals surface area contributed by atoms with Crippen LogP contribution in [0.1, 0.15) is 29.5 Å². The second kappa shape index (κ2) is 9.99. The van der Waals surface area contributed by atoms with Crippen molar-refractivity contribution in [3.8, 4) is 0 Å². The fraction of sp³-hybridized carbons (Fsp3) is 0.440. The molecular formula is C25H26Cl2F3N3O2. The van der Waals surface area contributed by atoms with Crippen molar-refractivity contribution < 1.29 is 22.8 Å². The van der Waals surface area contributed by atoms with Crippen LogP contribution >= 0.6 is 23.2 Å². The third kappa shape index (κ3) is 5.60. The van der Waals surface area contributed by atoms with Crippen LogP contribution < -0.4 is 5.32 Å². The highest BCUT2D eigenvalue weighted by atomic mass is 35.5. The first kappa shape index (κ1) is 25.8. The summed E-state index contributed by atoms with van der Waals surface area (Å²) in [6, 6.07) is 8.89. The van der Waals surface area contributed by atoms with E-state index < -0.39 is 29.1 Å². The monoisotopic (exact) mass is 527 g/mol. The smallest absolute Gasteiger partial charge is 0.343 e. The van der Waals surface area contributed by atoms with Gasteiger partial charge in [-0.15, -0.1) is 0 Å². The van der Waals surface area contributed by atoms with Crippen LogP contribution in [0.2, 0.25) is 10.0 Å². The molecule has 2 amide bonds. The molecule has 1 aliphatic heterocycles. The van der Waals surface area contributed by atoms with Crippen LogP contribution in [0, 0.1) is 0 Å². The minimum Gasteiger partial charge on any atom is -0.343 e. The molecule has 10 heteroatoms. The van der Waals surface area contributed by atoms with E-state index in [1.807, 2.05) is 7.05 Å². The third-order valence-corrected chi connectivity index (χ3v) is 7.34. The number of carbonyl (C=O) groups is 2. The van der Waals surface area contributed by atoms with Crippen molar-refractivity contribution in [3.05, 3.63) is 69.2 Å². The highest BCUT2D eigenvalue weighted by molar-refractivity contribution is 6.35. The molecule has 2 aromatic rings. The zero-order chi connectivity index (χ0) is 25.4. The Kier molecular flexibility index (Phi) is 7.36. The maximum Gasteiger partial charge on any atom is 0.416 e. The van der Waals surface area contributed by atoms with Crippen LogP contribution in [0.5, 0.6) is 0 Å². The van der Waals surface area contributed by atoms with Crippen LogP contribution in [0.4, 0.5) is 13.2 Å². The first-order valence-corrected chi connectivity index (χ1v) is 12.2. The van der Waals surface area contributed by atoms with Crippen LogP contribution in [0.3, 0.4) is 0 Å². The maximum absolute atomic E-state index is 13.6. The zero-order valence-corrected chi connectivity index (χ0v) is 20.7. The Labute approximate surface area is 212 Å². The van der Waals surface area contributed by atoms with Crippen LogP contribution in [0.25, 0.3) is 0 Å². The van der Waals surface area contributed by atoms with E-state index in [1.165, 1.54) is 18.2 Å². The molecular weight excluding hydrogens is 502 g/mol. The summed E-state index contributed by atoms with van der Waals surface area (Å²) >= 11 is 12.4. The molecule has 0 aromatic heterocycles. The highest BCUT2D eigenvalue weighted by Crippen LogP contribution is 2.51. The largest absolute Gasteiger partial charge is 0.416 e. The molecule has 1 saturated heterocycles. The Morgan fingerprint density at radius 3 is 2.31 bits per heavy atom. The van der Waals surface area contributed by atoms with Gasteiger partial charge in [-0.05, 0) is 49.2 Å². The van der Waals surface area contributed by atoms with Crippen LogP contribution in [0.15, 0.2) is 42.5 Å². The predicted octanol–water partition coefficient (Wildman–Crippen LogP) is 4.55. The number of benzene rings is 2. The Hall–Kier alpha value is -2.29. The molecule has 1 N–H and O–H groups in total. The third-order valence-electron chi connectivity index (χ3n) is 6.80. The van der Waals surface area contributed by atoms with Crippen LogP contribution in [-0.4, -0.2) is 60.9 Å². The minimum absolute atomic E-state index is 0.0397. The number of rotatable bonds is 6. The second-order valence-electron chi connectivity index (χ2n) is 9.22. The lowest BCUT2D eigenvalue weighted by Gasteiger charge is -2.35. The number of likely N-dealkylation sites (N-methyl/N-ethyl adjacent to an activating group) is 1. The van der Waals surface area contributed by atoms with E-state index in [0.717, 1.165) is 6.07 Å². The summed E-state index contributed by atoms with van der Waals surface area (Å²) in [5.74, 6) is -0.805. The van der Waals surface area contributed by atoms with E-state index in [4.69, 9.17) is 23.2 Å². The van der Waals surface area contributed by atoms with Gasteiger partial charge in [-0.2, -0.15) is 13.2 Å². The number of alkyl halides is 3. The number of piperazine rings is 1. The molecule has 4 rings (SSSR count). The molecule has 188 valence electrons. The zero-order valence-electron chi connectivity index (χ0n) is 19.2. The molecule has 1 aliphatic carbocycles. The summed E-state index contributed by atoms with van der Waals surface area (Å²) in [5.41, 5.74) is -1.18.